The molecular weight excluding hydrogens is 367 g/mol. The Morgan fingerprint density at radius 3 is 2.57 bits per heavy atom. The Hall–Kier alpha value is -2.00. The summed E-state index contributed by atoms with van der Waals surface area (Å²) in [5, 5.41) is 19.6. The number of benzene rings is 1. The molecule has 4 rings (SSSR count). The fraction of sp³-hybridized carbons (Fsp3) is 0.400. The zero-order chi connectivity index (χ0) is 16.5. The quantitative estimate of drug-likeness (QED) is 0.803. The van der Waals surface area contributed by atoms with E-state index in [9.17, 15) is 14.9 Å². The molecule has 1 aliphatic carbocycles. The summed E-state index contributed by atoms with van der Waals surface area (Å²) in [5.74, 6) is -3.00. The van der Waals surface area contributed by atoms with Crippen molar-refractivity contribution in [3.63, 3.8) is 0 Å². The summed E-state index contributed by atoms with van der Waals surface area (Å²) in [6.45, 7) is 0.467. The molecule has 3 atom stereocenters. The van der Waals surface area contributed by atoms with Crippen molar-refractivity contribution in [1.82, 2.24) is 0 Å². The molecule has 0 amide bonds. The molecule has 0 radical (unpaired) electrons. The molecule has 1 aromatic carbocycles. The first-order chi connectivity index (χ1) is 11.0. The van der Waals surface area contributed by atoms with Crippen LogP contribution in [0.25, 0.3) is 0 Å². The highest BCUT2D eigenvalue weighted by atomic mass is 79.9. The molecule has 23 heavy (non-hydrogen) atoms. The molecule has 2 heterocycles. The molecule has 1 aromatic rings. The number of ether oxygens (including phenoxy) is 2. The number of nitriles is 2. The van der Waals surface area contributed by atoms with Crippen molar-refractivity contribution in [2.45, 2.75) is 11.8 Å². The van der Waals surface area contributed by atoms with E-state index in [0.717, 1.165) is 0 Å². The summed E-state index contributed by atoms with van der Waals surface area (Å²) in [6.07, 6.45) is 0. The highest BCUT2D eigenvalue weighted by Crippen LogP contribution is 2.82. The van der Waals surface area contributed by atoms with Crippen LogP contribution < -0.4 is 5.73 Å². The number of halogens is 2. The molecule has 1 saturated carbocycles. The van der Waals surface area contributed by atoms with Gasteiger partial charge in [0.25, 0.3) is 5.91 Å². The fourth-order valence-corrected chi connectivity index (χ4v) is 4.25. The van der Waals surface area contributed by atoms with Crippen LogP contribution in [0.4, 0.5) is 4.39 Å². The first kappa shape index (κ1) is 14.6. The molecule has 0 aromatic heterocycles. The number of nitrogens with zero attached hydrogens (tertiary/aromatic N) is 3. The highest BCUT2D eigenvalue weighted by Gasteiger charge is 2.94. The van der Waals surface area contributed by atoms with Gasteiger partial charge in [-0.05, 0) is 17.7 Å². The van der Waals surface area contributed by atoms with Gasteiger partial charge < -0.3 is 15.2 Å². The Morgan fingerprint density at radius 1 is 1.30 bits per heavy atom. The van der Waals surface area contributed by atoms with Crippen LogP contribution in [0, 0.1) is 39.3 Å². The van der Waals surface area contributed by atoms with Crippen LogP contribution in [0.5, 0.6) is 0 Å². The Kier molecular flexibility index (Phi) is 2.72. The van der Waals surface area contributed by atoms with Gasteiger partial charge >= 0.3 is 0 Å². The van der Waals surface area contributed by atoms with Crippen molar-refractivity contribution in [3.8, 4) is 12.1 Å². The SMILES string of the molecule is N#CC12C(N)=NC3(OCCO3)C1(C#N)C2c1ccc(Br)cc1F. The van der Waals surface area contributed by atoms with Crippen molar-refractivity contribution in [1.29, 1.82) is 10.5 Å². The molecule has 2 aliphatic heterocycles. The van der Waals surface area contributed by atoms with Crippen LogP contribution in [0.15, 0.2) is 27.7 Å². The van der Waals surface area contributed by atoms with Gasteiger partial charge in [-0.1, -0.05) is 22.0 Å². The predicted octanol–water partition coefficient (Wildman–Crippen LogP) is 1.78. The van der Waals surface area contributed by atoms with Crippen LogP contribution >= 0.6 is 15.9 Å². The van der Waals surface area contributed by atoms with Gasteiger partial charge in [0.05, 0.1) is 25.4 Å². The Balaban J connectivity index is 1.95. The zero-order valence-corrected chi connectivity index (χ0v) is 13.3. The van der Waals surface area contributed by atoms with Gasteiger partial charge in [0.15, 0.2) is 5.41 Å². The van der Waals surface area contributed by atoms with Gasteiger partial charge in [-0.3, -0.25) is 0 Å². The standard InChI is InChI=1S/C15H10BrFN4O2/c16-8-1-2-9(10(17)5-8)11-13(6-18)12(20)21-15(14(11,13)7-19)22-3-4-23-15/h1-2,5,11H,3-4H2,(H2,20,21). The number of amidine groups is 1. The minimum absolute atomic E-state index is 0.0456. The second-order valence-corrected chi connectivity index (χ2v) is 6.63. The van der Waals surface area contributed by atoms with Crippen molar-refractivity contribution in [3.05, 3.63) is 34.1 Å². The van der Waals surface area contributed by atoms with Gasteiger partial charge in [-0.15, -0.1) is 0 Å². The van der Waals surface area contributed by atoms with Gasteiger partial charge in [-0.25, -0.2) is 9.38 Å². The number of hydrogen-bond acceptors (Lipinski definition) is 6. The molecule has 8 heteroatoms. The predicted molar refractivity (Wildman–Crippen MR) is 79.2 cm³/mol. The lowest BCUT2D eigenvalue weighted by atomic mass is 9.94. The van der Waals surface area contributed by atoms with E-state index in [4.69, 9.17) is 15.2 Å². The van der Waals surface area contributed by atoms with Crippen molar-refractivity contribution < 1.29 is 13.9 Å². The van der Waals surface area contributed by atoms with Crippen LogP contribution in [0.2, 0.25) is 0 Å². The van der Waals surface area contributed by atoms with E-state index in [-0.39, 0.29) is 24.6 Å². The van der Waals surface area contributed by atoms with Crippen LogP contribution in [-0.4, -0.2) is 25.0 Å². The zero-order valence-electron chi connectivity index (χ0n) is 11.7. The lowest BCUT2D eigenvalue weighted by Crippen LogP contribution is -2.38. The molecular formula is C15H10BrFN4O2. The Morgan fingerprint density at radius 2 is 2.00 bits per heavy atom. The normalized spacial score (nSPS) is 36.2. The number of hydrogen-bond donors (Lipinski definition) is 1. The van der Waals surface area contributed by atoms with E-state index in [0.29, 0.717) is 4.47 Å². The molecule has 1 saturated heterocycles. The summed E-state index contributed by atoms with van der Waals surface area (Å²) < 4.78 is 26.1. The summed E-state index contributed by atoms with van der Waals surface area (Å²) >= 11 is 3.19. The summed E-state index contributed by atoms with van der Waals surface area (Å²) in [5.41, 5.74) is 3.28. The van der Waals surface area contributed by atoms with E-state index in [2.05, 4.69) is 33.1 Å². The number of fused-ring (bicyclic) bond motifs is 2. The van der Waals surface area contributed by atoms with Crippen LogP contribution in [0.1, 0.15) is 11.5 Å². The van der Waals surface area contributed by atoms with Gasteiger partial charge in [0.1, 0.15) is 17.1 Å². The minimum atomic E-state index is -1.63. The highest BCUT2D eigenvalue weighted by molar-refractivity contribution is 9.10. The third kappa shape index (κ3) is 1.36. The summed E-state index contributed by atoms with van der Waals surface area (Å²) in [7, 11) is 0. The third-order valence-corrected chi connectivity index (χ3v) is 5.37. The number of aliphatic imine (C=N–C) groups is 1. The van der Waals surface area contributed by atoms with Gasteiger partial charge in [0.2, 0.25) is 0 Å². The molecule has 116 valence electrons. The van der Waals surface area contributed by atoms with E-state index in [1.807, 2.05) is 0 Å². The van der Waals surface area contributed by atoms with Gasteiger partial charge in [-0.2, -0.15) is 10.5 Å². The third-order valence-electron chi connectivity index (χ3n) is 4.88. The van der Waals surface area contributed by atoms with E-state index in [1.165, 1.54) is 12.1 Å². The summed E-state index contributed by atoms with van der Waals surface area (Å²) in [6, 6.07) is 8.67. The maximum Gasteiger partial charge on any atom is 0.293 e. The van der Waals surface area contributed by atoms with E-state index in [1.54, 1.807) is 6.07 Å². The van der Waals surface area contributed by atoms with Gasteiger partial charge in [0, 0.05) is 10.4 Å². The number of nitrogens with two attached hydrogens (primary N) is 1. The topological polar surface area (TPSA) is 104 Å². The molecule has 6 nitrogen and oxygen atoms in total. The largest absolute Gasteiger partial charge is 0.386 e. The van der Waals surface area contributed by atoms with Crippen molar-refractivity contribution in [2.75, 3.05) is 13.2 Å². The molecule has 3 aliphatic rings. The average molecular weight is 377 g/mol. The maximum absolute atomic E-state index is 14.5. The first-order valence-electron chi connectivity index (χ1n) is 6.90. The van der Waals surface area contributed by atoms with Crippen molar-refractivity contribution >= 4 is 21.8 Å². The monoisotopic (exact) mass is 376 g/mol. The van der Waals surface area contributed by atoms with Crippen molar-refractivity contribution in [2.24, 2.45) is 21.6 Å². The molecule has 3 unspecified atom stereocenters. The van der Waals surface area contributed by atoms with Crippen LogP contribution in [0.3, 0.4) is 0 Å². The lowest BCUT2D eigenvalue weighted by molar-refractivity contribution is -0.184. The lowest BCUT2D eigenvalue weighted by Gasteiger charge is -2.25. The molecule has 2 N–H and O–H groups in total. The van der Waals surface area contributed by atoms with E-state index >= 15 is 0 Å². The van der Waals surface area contributed by atoms with Crippen LogP contribution in [-0.2, 0) is 9.47 Å². The Bertz CT molecular complexity index is 839. The fourth-order valence-electron chi connectivity index (χ4n) is 3.92. The van der Waals surface area contributed by atoms with E-state index < -0.39 is 28.5 Å². The minimum Gasteiger partial charge on any atom is -0.386 e. The maximum atomic E-state index is 14.5. The Labute approximate surface area is 139 Å². The smallest absolute Gasteiger partial charge is 0.293 e. The molecule has 0 bridgehead atoms. The second kappa shape index (κ2) is 4.30. The average Bonchev–Trinajstić information content (AvgIpc) is 2.77. The number of rotatable bonds is 1. The second-order valence-electron chi connectivity index (χ2n) is 5.71. The first-order valence-corrected chi connectivity index (χ1v) is 7.69. The summed E-state index contributed by atoms with van der Waals surface area (Å²) in [4.78, 5) is 4.13. The molecule has 2 fully saturated rings. The molecule has 1 spiro atoms.